The summed E-state index contributed by atoms with van der Waals surface area (Å²) in [7, 11) is 0. The highest BCUT2D eigenvalue weighted by molar-refractivity contribution is 6.31. The molecule has 8 nitrogen and oxygen atoms in total. The summed E-state index contributed by atoms with van der Waals surface area (Å²) in [5.74, 6) is 0. The van der Waals surface area contributed by atoms with Gasteiger partial charge in [-0.3, -0.25) is 9.59 Å². The first kappa shape index (κ1) is 25.4. The van der Waals surface area contributed by atoms with Crippen LogP contribution in [0.3, 0.4) is 0 Å². The van der Waals surface area contributed by atoms with Gasteiger partial charge in [-0.1, -0.05) is 59.6 Å². The van der Waals surface area contributed by atoms with Crippen LogP contribution in [0.2, 0.25) is 10.0 Å². The molecule has 6 rings (SSSR count). The normalized spacial score (nSPS) is 11.6. The standard InChI is InChI=1S/C30H18Cl2N4O4/c31-19-7-13-25-23(15-19)27(37)35(29(39)33-25)21-9-3-17(4-10-21)1-2-18-5-11-22(12-6-18)36-28(38)24-16-20(32)8-14-26(24)34-30(36)40/h1-16H,(H,33,39)(H,34,40)/b2-1+. The third-order valence-electron chi connectivity index (χ3n) is 6.49. The van der Waals surface area contributed by atoms with Gasteiger partial charge in [0.1, 0.15) is 0 Å². The number of H-pyrrole nitrogens is 2. The molecule has 0 aliphatic carbocycles. The number of hydrogen-bond acceptors (Lipinski definition) is 4. The summed E-state index contributed by atoms with van der Waals surface area (Å²) in [5, 5.41) is 1.43. The van der Waals surface area contributed by atoms with Crippen molar-refractivity contribution < 1.29 is 0 Å². The molecule has 0 aliphatic heterocycles. The number of aromatic nitrogens is 4. The molecule has 0 radical (unpaired) electrons. The number of rotatable bonds is 4. The molecule has 0 unspecified atom stereocenters. The van der Waals surface area contributed by atoms with Crippen molar-refractivity contribution in [2.24, 2.45) is 0 Å². The van der Waals surface area contributed by atoms with Gasteiger partial charge in [-0.05, 0) is 71.8 Å². The maximum atomic E-state index is 13.0. The minimum atomic E-state index is -0.546. The van der Waals surface area contributed by atoms with E-state index >= 15 is 0 Å². The molecule has 0 amide bonds. The molecule has 2 aromatic heterocycles. The number of fused-ring (bicyclic) bond motifs is 2. The molecular formula is C30H18Cl2N4O4. The zero-order chi connectivity index (χ0) is 28.0. The number of nitrogens with one attached hydrogen (secondary N) is 2. The van der Waals surface area contributed by atoms with E-state index in [0.29, 0.717) is 43.2 Å². The van der Waals surface area contributed by atoms with Crippen molar-refractivity contribution in [2.45, 2.75) is 0 Å². The Labute approximate surface area is 235 Å². The third-order valence-corrected chi connectivity index (χ3v) is 6.96. The fourth-order valence-corrected chi connectivity index (χ4v) is 4.85. The number of benzene rings is 4. The Hall–Kier alpha value is -4.92. The Kier molecular flexibility index (Phi) is 6.34. The van der Waals surface area contributed by atoms with Crippen molar-refractivity contribution in [1.82, 2.24) is 19.1 Å². The van der Waals surface area contributed by atoms with Gasteiger partial charge >= 0.3 is 11.4 Å². The highest BCUT2D eigenvalue weighted by Gasteiger charge is 2.11. The average Bonchev–Trinajstić information content (AvgIpc) is 2.94. The molecule has 0 saturated carbocycles. The maximum Gasteiger partial charge on any atom is 0.333 e. The lowest BCUT2D eigenvalue weighted by Gasteiger charge is -2.07. The molecule has 6 aromatic rings. The molecule has 0 aliphatic rings. The predicted octanol–water partition coefficient (Wildman–Crippen LogP) is 5.15. The summed E-state index contributed by atoms with van der Waals surface area (Å²) in [6.07, 6.45) is 3.73. The Morgan fingerprint density at radius 3 is 1.27 bits per heavy atom. The van der Waals surface area contributed by atoms with Crippen LogP contribution in [-0.4, -0.2) is 19.1 Å². The molecule has 0 atom stereocenters. The van der Waals surface area contributed by atoms with Gasteiger partial charge < -0.3 is 9.97 Å². The van der Waals surface area contributed by atoms with E-state index < -0.39 is 22.5 Å². The van der Waals surface area contributed by atoms with Crippen molar-refractivity contribution in [1.29, 1.82) is 0 Å². The molecule has 2 N–H and O–H groups in total. The summed E-state index contributed by atoms with van der Waals surface area (Å²) >= 11 is 12.1. The van der Waals surface area contributed by atoms with Gasteiger partial charge in [0, 0.05) is 10.0 Å². The number of halogens is 2. The van der Waals surface area contributed by atoms with Gasteiger partial charge in [0.15, 0.2) is 0 Å². The minimum absolute atomic E-state index is 0.316. The van der Waals surface area contributed by atoms with Crippen LogP contribution in [0.5, 0.6) is 0 Å². The average molecular weight is 569 g/mol. The zero-order valence-electron chi connectivity index (χ0n) is 20.5. The van der Waals surface area contributed by atoms with Crippen LogP contribution in [0.15, 0.2) is 104 Å². The Morgan fingerprint density at radius 1 is 0.525 bits per heavy atom. The van der Waals surface area contributed by atoms with Crippen molar-refractivity contribution in [3.63, 3.8) is 0 Å². The van der Waals surface area contributed by atoms with E-state index in [1.807, 2.05) is 12.2 Å². The van der Waals surface area contributed by atoms with Crippen molar-refractivity contribution in [3.05, 3.63) is 148 Å². The van der Waals surface area contributed by atoms with E-state index in [2.05, 4.69) is 9.97 Å². The van der Waals surface area contributed by atoms with Crippen molar-refractivity contribution in [3.8, 4) is 11.4 Å². The fraction of sp³-hybridized carbons (Fsp3) is 0. The lowest BCUT2D eigenvalue weighted by atomic mass is 10.1. The maximum absolute atomic E-state index is 13.0. The summed E-state index contributed by atoms with van der Waals surface area (Å²) < 4.78 is 2.13. The van der Waals surface area contributed by atoms with E-state index in [1.54, 1.807) is 72.8 Å². The number of aromatic amines is 2. The second kappa shape index (κ2) is 10.00. The lowest BCUT2D eigenvalue weighted by Crippen LogP contribution is -2.33. The quantitative estimate of drug-likeness (QED) is 0.286. The number of nitrogens with zero attached hydrogens (tertiary/aromatic N) is 2. The predicted molar refractivity (Wildman–Crippen MR) is 159 cm³/mol. The molecule has 4 aromatic carbocycles. The fourth-order valence-electron chi connectivity index (χ4n) is 4.50. The van der Waals surface area contributed by atoms with Crippen LogP contribution < -0.4 is 22.5 Å². The van der Waals surface area contributed by atoms with Gasteiger partial charge in [0.05, 0.1) is 33.2 Å². The molecule has 0 fully saturated rings. The van der Waals surface area contributed by atoms with E-state index in [4.69, 9.17) is 23.2 Å². The highest BCUT2D eigenvalue weighted by Crippen LogP contribution is 2.17. The molecule has 0 saturated heterocycles. The van der Waals surface area contributed by atoms with Crippen LogP contribution in [0.4, 0.5) is 0 Å². The van der Waals surface area contributed by atoms with Gasteiger partial charge in [-0.15, -0.1) is 0 Å². The highest BCUT2D eigenvalue weighted by atomic mass is 35.5. The van der Waals surface area contributed by atoms with Gasteiger partial charge in [-0.25, -0.2) is 18.7 Å². The van der Waals surface area contributed by atoms with Crippen molar-refractivity contribution >= 4 is 57.2 Å². The monoisotopic (exact) mass is 568 g/mol. The molecule has 10 heteroatoms. The van der Waals surface area contributed by atoms with Gasteiger partial charge in [0.25, 0.3) is 11.1 Å². The van der Waals surface area contributed by atoms with Crippen LogP contribution in [-0.2, 0) is 0 Å². The van der Waals surface area contributed by atoms with Gasteiger partial charge in [0.2, 0.25) is 0 Å². The smallest absolute Gasteiger partial charge is 0.306 e. The largest absolute Gasteiger partial charge is 0.333 e. The summed E-state index contributed by atoms with van der Waals surface area (Å²) in [6, 6.07) is 23.3. The Balaban J connectivity index is 1.27. The summed E-state index contributed by atoms with van der Waals surface area (Å²) in [5.41, 5.74) is 1.33. The lowest BCUT2D eigenvalue weighted by molar-refractivity contribution is 0.901. The second-order valence-electron chi connectivity index (χ2n) is 9.04. The first-order chi connectivity index (χ1) is 19.3. The van der Waals surface area contributed by atoms with E-state index in [0.717, 1.165) is 20.3 Å². The molecule has 0 spiro atoms. The zero-order valence-corrected chi connectivity index (χ0v) is 22.0. The van der Waals surface area contributed by atoms with Crippen LogP contribution in [0, 0.1) is 0 Å². The molecule has 196 valence electrons. The molecule has 40 heavy (non-hydrogen) atoms. The summed E-state index contributed by atoms with van der Waals surface area (Å²) in [4.78, 5) is 56.6. The molecule has 2 heterocycles. The Bertz CT molecular complexity index is 2050. The van der Waals surface area contributed by atoms with Crippen LogP contribution >= 0.6 is 23.2 Å². The first-order valence-corrected chi connectivity index (χ1v) is 12.8. The topological polar surface area (TPSA) is 110 Å². The van der Waals surface area contributed by atoms with Crippen molar-refractivity contribution in [2.75, 3.05) is 0 Å². The molecule has 0 bridgehead atoms. The van der Waals surface area contributed by atoms with E-state index in [9.17, 15) is 19.2 Å². The van der Waals surface area contributed by atoms with E-state index in [1.165, 1.54) is 12.1 Å². The van der Waals surface area contributed by atoms with Crippen LogP contribution in [0.1, 0.15) is 11.1 Å². The Morgan fingerprint density at radius 2 is 0.900 bits per heavy atom. The third kappa shape index (κ3) is 4.59. The first-order valence-electron chi connectivity index (χ1n) is 12.1. The van der Waals surface area contributed by atoms with E-state index in [-0.39, 0.29) is 0 Å². The van der Waals surface area contributed by atoms with Crippen LogP contribution in [0.25, 0.3) is 45.3 Å². The SMILES string of the molecule is O=c1[nH]c2ccc(Cl)cc2c(=O)n1-c1ccc(/C=C/c2ccc(-n3c(=O)[nH]c4ccc(Cl)cc4c3=O)cc2)cc1. The minimum Gasteiger partial charge on any atom is -0.306 e. The summed E-state index contributed by atoms with van der Waals surface area (Å²) in [6.45, 7) is 0. The van der Waals surface area contributed by atoms with Gasteiger partial charge in [-0.2, -0.15) is 0 Å². The second-order valence-corrected chi connectivity index (χ2v) is 9.91. The number of hydrogen-bond donors (Lipinski definition) is 2. The molecular weight excluding hydrogens is 551 g/mol.